The summed E-state index contributed by atoms with van der Waals surface area (Å²) in [6.07, 6.45) is 3.86. The van der Waals surface area contributed by atoms with Gasteiger partial charge in [0.1, 0.15) is 0 Å². The number of nitrogens with one attached hydrogen (secondary N) is 1. The molecule has 1 rings (SSSR count). The average Bonchev–Trinajstić information content (AvgIpc) is 2.05. The Morgan fingerprint density at radius 3 is 2.83 bits per heavy atom. The van der Waals surface area contributed by atoms with Gasteiger partial charge in [-0.15, -0.1) is 0 Å². The monoisotopic (exact) mass is 166 g/mol. The molecule has 0 aromatic carbocycles. The second kappa shape index (κ2) is 5.18. The fourth-order valence-electron chi connectivity index (χ4n) is 1.30. The maximum atomic E-state index is 3.40. The van der Waals surface area contributed by atoms with Crippen LogP contribution in [0.3, 0.4) is 0 Å². The lowest BCUT2D eigenvalue weighted by Crippen LogP contribution is -2.32. The van der Waals surface area contributed by atoms with Gasteiger partial charge in [0, 0.05) is 0 Å². The van der Waals surface area contributed by atoms with E-state index in [1.165, 1.54) is 19.3 Å². The molecule has 1 fully saturated rings. The van der Waals surface area contributed by atoms with Gasteiger partial charge in [0.05, 0.1) is 12.6 Å². The summed E-state index contributed by atoms with van der Waals surface area (Å²) in [5.74, 6) is 6.42. The summed E-state index contributed by atoms with van der Waals surface area (Å²) in [4.78, 5) is 2.09. The quantitative estimate of drug-likeness (QED) is 0.577. The van der Waals surface area contributed by atoms with Gasteiger partial charge in [-0.05, 0) is 39.9 Å². The van der Waals surface area contributed by atoms with Crippen molar-refractivity contribution in [2.75, 3.05) is 27.2 Å². The molecule has 1 aliphatic rings. The molecule has 0 radical (unpaired) electrons. The maximum Gasteiger partial charge on any atom is 0.0690 e. The molecule has 1 atom stereocenters. The number of hydrogen-bond donors (Lipinski definition) is 1. The van der Waals surface area contributed by atoms with Gasteiger partial charge in [0.2, 0.25) is 0 Å². The first-order valence-corrected chi connectivity index (χ1v) is 4.65. The number of rotatable bonds is 1. The largest absolute Gasteiger partial charge is 0.304 e. The number of nitrogens with zero attached hydrogens (tertiary/aromatic N) is 1. The lowest BCUT2D eigenvalue weighted by molar-refractivity contribution is 0.455. The minimum atomic E-state index is 0.457. The highest BCUT2D eigenvalue weighted by atomic mass is 15.0. The first-order chi connectivity index (χ1) is 5.79. The van der Waals surface area contributed by atoms with Crippen LogP contribution in [0.1, 0.15) is 19.3 Å². The molecular formula is C10H18N2. The van der Waals surface area contributed by atoms with E-state index in [1.54, 1.807) is 0 Å². The summed E-state index contributed by atoms with van der Waals surface area (Å²) in [5.41, 5.74) is 0. The van der Waals surface area contributed by atoms with Crippen LogP contribution >= 0.6 is 0 Å². The topological polar surface area (TPSA) is 15.3 Å². The maximum absolute atomic E-state index is 3.40. The molecule has 2 heteroatoms. The number of piperidine rings is 1. The Bertz CT molecular complexity index is 170. The lowest BCUT2D eigenvalue weighted by atomic mass is 10.1. The Morgan fingerprint density at radius 2 is 2.25 bits per heavy atom. The normalized spacial score (nSPS) is 23.4. The van der Waals surface area contributed by atoms with Crippen LogP contribution in [0.25, 0.3) is 0 Å². The first-order valence-electron chi connectivity index (χ1n) is 4.65. The highest BCUT2D eigenvalue weighted by Crippen LogP contribution is 2.05. The Hall–Kier alpha value is -0.520. The van der Waals surface area contributed by atoms with Crippen LogP contribution in [0.4, 0.5) is 0 Å². The second-order valence-corrected chi connectivity index (χ2v) is 3.56. The molecule has 0 aromatic rings. The van der Waals surface area contributed by atoms with E-state index in [0.29, 0.717) is 6.04 Å². The van der Waals surface area contributed by atoms with Crippen LogP contribution in [0, 0.1) is 11.8 Å². The van der Waals surface area contributed by atoms with Gasteiger partial charge in [0.15, 0.2) is 0 Å². The smallest absolute Gasteiger partial charge is 0.0690 e. The molecule has 1 N–H and O–H groups in total. The van der Waals surface area contributed by atoms with Crippen molar-refractivity contribution in [2.24, 2.45) is 0 Å². The molecule has 2 nitrogen and oxygen atoms in total. The molecular weight excluding hydrogens is 148 g/mol. The summed E-state index contributed by atoms with van der Waals surface area (Å²) in [5, 5.41) is 3.40. The zero-order valence-corrected chi connectivity index (χ0v) is 8.06. The van der Waals surface area contributed by atoms with Crippen molar-refractivity contribution < 1.29 is 0 Å². The summed E-state index contributed by atoms with van der Waals surface area (Å²) in [6.45, 7) is 2.01. The van der Waals surface area contributed by atoms with E-state index in [-0.39, 0.29) is 0 Å². The van der Waals surface area contributed by atoms with E-state index in [9.17, 15) is 0 Å². The average molecular weight is 166 g/mol. The second-order valence-electron chi connectivity index (χ2n) is 3.56. The van der Waals surface area contributed by atoms with Gasteiger partial charge in [0.25, 0.3) is 0 Å². The number of hydrogen-bond acceptors (Lipinski definition) is 2. The van der Waals surface area contributed by atoms with Gasteiger partial charge in [-0.25, -0.2) is 0 Å². The standard InChI is InChI=1S/C10H18N2/c1-12(2)9-5-7-10-6-3-4-8-11-10/h10-11H,3-4,6,8-9H2,1-2H3. The van der Waals surface area contributed by atoms with Gasteiger partial charge in [-0.2, -0.15) is 0 Å². The Morgan fingerprint density at radius 1 is 1.42 bits per heavy atom. The van der Waals surface area contributed by atoms with Gasteiger partial charge in [-0.3, -0.25) is 4.90 Å². The van der Waals surface area contributed by atoms with Crippen molar-refractivity contribution in [3.8, 4) is 11.8 Å². The fourth-order valence-corrected chi connectivity index (χ4v) is 1.30. The summed E-state index contributed by atoms with van der Waals surface area (Å²) < 4.78 is 0. The molecule has 0 saturated carbocycles. The zero-order chi connectivity index (χ0) is 8.81. The molecule has 1 aliphatic heterocycles. The van der Waals surface area contributed by atoms with E-state index in [4.69, 9.17) is 0 Å². The van der Waals surface area contributed by atoms with E-state index in [1.807, 2.05) is 14.1 Å². The Labute approximate surface area is 75.3 Å². The molecule has 0 aliphatic carbocycles. The minimum absolute atomic E-state index is 0.457. The fraction of sp³-hybridized carbons (Fsp3) is 0.800. The van der Waals surface area contributed by atoms with Crippen LogP contribution in [0.2, 0.25) is 0 Å². The molecule has 68 valence electrons. The minimum Gasteiger partial charge on any atom is -0.304 e. The molecule has 0 amide bonds. The van der Waals surface area contributed by atoms with Crippen molar-refractivity contribution in [1.29, 1.82) is 0 Å². The third-order valence-electron chi connectivity index (χ3n) is 1.98. The van der Waals surface area contributed by atoms with Crippen LogP contribution in [0.15, 0.2) is 0 Å². The van der Waals surface area contributed by atoms with E-state index < -0.39 is 0 Å². The summed E-state index contributed by atoms with van der Waals surface area (Å²) in [7, 11) is 4.09. The molecule has 0 spiro atoms. The summed E-state index contributed by atoms with van der Waals surface area (Å²) in [6, 6.07) is 0.457. The van der Waals surface area contributed by atoms with E-state index in [2.05, 4.69) is 22.1 Å². The Kier molecular flexibility index (Phi) is 4.13. The molecule has 1 unspecified atom stereocenters. The molecule has 1 heterocycles. The zero-order valence-electron chi connectivity index (χ0n) is 8.06. The first kappa shape index (κ1) is 9.57. The third-order valence-corrected chi connectivity index (χ3v) is 1.98. The van der Waals surface area contributed by atoms with E-state index >= 15 is 0 Å². The molecule has 1 saturated heterocycles. The predicted octanol–water partition coefficient (Wildman–Crippen LogP) is 0.694. The lowest BCUT2D eigenvalue weighted by Gasteiger charge is -2.18. The van der Waals surface area contributed by atoms with Crippen LogP contribution < -0.4 is 5.32 Å². The molecule has 0 bridgehead atoms. The van der Waals surface area contributed by atoms with Gasteiger partial charge in [-0.1, -0.05) is 11.8 Å². The molecule has 0 aromatic heterocycles. The highest BCUT2D eigenvalue weighted by Gasteiger charge is 2.07. The highest BCUT2D eigenvalue weighted by molar-refractivity contribution is 5.09. The van der Waals surface area contributed by atoms with Crippen molar-refractivity contribution >= 4 is 0 Å². The SMILES string of the molecule is CN(C)CC#CC1CCCCN1. The van der Waals surface area contributed by atoms with E-state index in [0.717, 1.165) is 13.1 Å². The van der Waals surface area contributed by atoms with Gasteiger partial charge < -0.3 is 5.32 Å². The van der Waals surface area contributed by atoms with Crippen molar-refractivity contribution in [1.82, 2.24) is 10.2 Å². The molecule has 12 heavy (non-hydrogen) atoms. The predicted molar refractivity (Wildman–Crippen MR) is 52.0 cm³/mol. The van der Waals surface area contributed by atoms with Crippen LogP contribution in [-0.4, -0.2) is 38.1 Å². The van der Waals surface area contributed by atoms with Gasteiger partial charge >= 0.3 is 0 Å². The van der Waals surface area contributed by atoms with Crippen LogP contribution in [-0.2, 0) is 0 Å². The summed E-state index contributed by atoms with van der Waals surface area (Å²) >= 11 is 0. The Balaban J connectivity index is 2.21. The van der Waals surface area contributed by atoms with Crippen molar-refractivity contribution in [2.45, 2.75) is 25.3 Å². The van der Waals surface area contributed by atoms with Crippen molar-refractivity contribution in [3.05, 3.63) is 0 Å². The third kappa shape index (κ3) is 3.75. The van der Waals surface area contributed by atoms with Crippen LogP contribution in [0.5, 0.6) is 0 Å². The van der Waals surface area contributed by atoms with Crippen molar-refractivity contribution in [3.63, 3.8) is 0 Å².